The Bertz CT molecular complexity index is 971. The van der Waals surface area contributed by atoms with Crippen molar-refractivity contribution in [3.8, 4) is 11.4 Å². The first-order valence-electron chi connectivity index (χ1n) is 6.50. The van der Waals surface area contributed by atoms with Crippen LogP contribution in [0.2, 0.25) is 0 Å². The fraction of sp³-hybridized carbons (Fsp3) is 0.143. The van der Waals surface area contributed by atoms with E-state index < -0.39 is 27.2 Å². The molecule has 0 N–H and O–H groups in total. The van der Waals surface area contributed by atoms with Gasteiger partial charge in [0.1, 0.15) is 18.3 Å². The summed E-state index contributed by atoms with van der Waals surface area (Å²) in [6.07, 6.45) is 3.46. The highest BCUT2D eigenvalue weighted by molar-refractivity contribution is 7.86. The second kappa shape index (κ2) is 6.33. The lowest BCUT2D eigenvalue weighted by Gasteiger charge is -2.13. The van der Waals surface area contributed by atoms with E-state index in [2.05, 4.69) is 4.98 Å². The fourth-order valence-electron chi connectivity index (χ4n) is 2.11. The van der Waals surface area contributed by atoms with Crippen molar-refractivity contribution in [3.63, 3.8) is 0 Å². The maximum atomic E-state index is 11.9. The van der Waals surface area contributed by atoms with E-state index in [-0.39, 0.29) is 0 Å². The number of fused-ring (bicyclic) bond motifs is 3. The number of ketones is 2. The van der Waals surface area contributed by atoms with E-state index in [0.29, 0.717) is 22.5 Å². The molecule has 0 atom stereocenters. The predicted octanol–water partition coefficient (Wildman–Crippen LogP) is 1.00. The minimum absolute atomic E-state index is 0.381. The average Bonchev–Trinajstić information content (AvgIpc) is 2.51. The van der Waals surface area contributed by atoms with Gasteiger partial charge in [-0.15, -0.1) is 0 Å². The van der Waals surface area contributed by atoms with Gasteiger partial charge in [-0.3, -0.25) is 9.59 Å². The molecule has 0 spiro atoms. The van der Waals surface area contributed by atoms with Crippen LogP contribution in [0, 0.1) is 0 Å². The largest absolute Gasteiger partial charge is 0.741 e. The molecule has 7 nitrogen and oxygen atoms in total. The minimum Gasteiger partial charge on any atom is -0.741 e. The van der Waals surface area contributed by atoms with Crippen LogP contribution in [0.1, 0.15) is 20.7 Å². The molecule has 0 fully saturated rings. The number of halogens is 3. The van der Waals surface area contributed by atoms with Crippen molar-refractivity contribution in [3.05, 3.63) is 47.8 Å². The van der Waals surface area contributed by atoms with Gasteiger partial charge in [-0.1, -0.05) is 0 Å². The Morgan fingerprint density at radius 2 is 1.60 bits per heavy atom. The number of hydrogen-bond donors (Lipinski definition) is 0. The van der Waals surface area contributed by atoms with Gasteiger partial charge < -0.3 is 4.55 Å². The van der Waals surface area contributed by atoms with Gasteiger partial charge in [0.2, 0.25) is 17.3 Å². The van der Waals surface area contributed by atoms with E-state index in [1.54, 1.807) is 30.5 Å². The van der Waals surface area contributed by atoms with Gasteiger partial charge in [-0.05, 0) is 18.2 Å². The van der Waals surface area contributed by atoms with E-state index in [1.807, 2.05) is 17.8 Å². The molecular formula is C14H9F3N2O5S. The molecule has 0 amide bonds. The normalized spacial score (nSPS) is 13.5. The van der Waals surface area contributed by atoms with E-state index in [4.69, 9.17) is 13.0 Å². The number of pyridine rings is 2. The van der Waals surface area contributed by atoms with Gasteiger partial charge in [-0.25, -0.2) is 13.4 Å². The predicted molar refractivity (Wildman–Crippen MR) is 75.3 cm³/mol. The number of nitrogens with zero attached hydrogens (tertiary/aromatic N) is 2. The van der Waals surface area contributed by atoms with Crippen LogP contribution in [-0.2, 0) is 17.2 Å². The minimum atomic E-state index is -6.09. The van der Waals surface area contributed by atoms with Crippen LogP contribution >= 0.6 is 0 Å². The summed E-state index contributed by atoms with van der Waals surface area (Å²) < 4.78 is 60.7. The third-order valence-corrected chi connectivity index (χ3v) is 3.76. The number of rotatable bonds is 0. The number of carbonyl (C=O) groups is 2. The Balaban J connectivity index is 0.000000242. The Hall–Kier alpha value is -2.66. The van der Waals surface area contributed by atoms with Crippen LogP contribution in [-0.4, -0.2) is 35.0 Å². The van der Waals surface area contributed by atoms with Crippen molar-refractivity contribution in [2.45, 2.75) is 5.51 Å². The van der Waals surface area contributed by atoms with Gasteiger partial charge in [0.15, 0.2) is 16.3 Å². The fourth-order valence-corrected chi connectivity index (χ4v) is 2.11. The molecule has 1 aliphatic rings. The van der Waals surface area contributed by atoms with E-state index in [0.717, 1.165) is 0 Å². The third-order valence-electron chi connectivity index (χ3n) is 3.19. The van der Waals surface area contributed by atoms with Gasteiger partial charge in [0.25, 0.3) is 0 Å². The summed E-state index contributed by atoms with van der Waals surface area (Å²) in [6.45, 7) is 0. The molecule has 2 heterocycles. The highest BCUT2D eigenvalue weighted by Crippen LogP contribution is 2.28. The van der Waals surface area contributed by atoms with Crippen molar-refractivity contribution in [1.29, 1.82) is 0 Å². The summed E-state index contributed by atoms with van der Waals surface area (Å²) >= 11 is 0. The molecule has 0 unspecified atom stereocenters. The zero-order valence-corrected chi connectivity index (χ0v) is 13.3. The highest BCUT2D eigenvalue weighted by atomic mass is 32.2. The number of carbonyl (C=O) groups excluding carboxylic acids is 2. The molecule has 2 aromatic rings. The van der Waals surface area contributed by atoms with Crippen LogP contribution in [0.4, 0.5) is 13.2 Å². The van der Waals surface area contributed by atoms with Gasteiger partial charge in [0.05, 0.1) is 5.56 Å². The Morgan fingerprint density at radius 1 is 1.08 bits per heavy atom. The van der Waals surface area contributed by atoms with Crippen LogP contribution in [0.3, 0.4) is 0 Å². The molecule has 1 aliphatic carbocycles. The van der Waals surface area contributed by atoms with Gasteiger partial charge in [-0.2, -0.15) is 17.7 Å². The Morgan fingerprint density at radius 3 is 2.16 bits per heavy atom. The molecule has 0 radical (unpaired) electrons. The zero-order chi connectivity index (χ0) is 19.0. The highest BCUT2D eigenvalue weighted by Gasteiger charge is 2.37. The molecule has 25 heavy (non-hydrogen) atoms. The summed E-state index contributed by atoms with van der Waals surface area (Å²) in [7, 11) is -4.26. The third kappa shape index (κ3) is 3.56. The van der Waals surface area contributed by atoms with Gasteiger partial charge >= 0.3 is 5.51 Å². The standard InChI is InChI=1S/C13H9N2O2.CHF3O3S/c1-15-7-3-5-9-11(15)10-8(4-2-6-14-10)12(16)13(9)17;2-1(3,4)8(5,6)7/h2-7H,1H3;(H,5,6,7)/q+1;/p-1. The average molecular weight is 374 g/mol. The van der Waals surface area contributed by atoms with E-state index >= 15 is 0 Å². The van der Waals surface area contributed by atoms with Crippen molar-refractivity contribution in [2.75, 3.05) is 0 Å². The van der Waals surface area contributed by atoms with Crippen LogP contribution in [0.15, 0.2) is 36.7 Å². The first-order chi connectivity index (χ1) is 11.4. The summed E-state index contributed by atoms with van der Waals surface area (Å²) in [6, 6.07) is 6.71. The Labute approximate surface area is 139 Å². The number of Topliss-reactive ketones (excluding diaryl/α,β-unsaturated/α-hetero) is 2. The SMILES string of the molecule is C[n+]1cccc2c1-c1ncccc1C(=O)C2=O.O=S(=O)([O-])C(F)(F)F. The summed E-state index contributed by atoms with van der Waals surface area (Å²) in [4.78, 5) is 28.0. The number of hydrogen-bond acceptors (Lipinski definition) is 6. The molecule has 132 valence electrons. The quantitative estimate of drug-likeness (QED) is 0.295. The topological polar surface area (TPSA) is 108 Å². The smallest absolute Gasteiger partial charge is 0.485 e. The second-order valence-electron chi connectivity index (χ2n) is 4.84. The lowest BCUT2D eigenvalue weighted by atomic mass is 9.90. The molecule has 2 aromatic heterocycles. The van der Waals surface area contributed by atoms with E-state index in [9.17, 15) is 22.8 Å². The number of aromatic nitrogens is 2. The lowest BCUT2D eigenvalue weighted by Crippen LogP contribution is -2.37. The first-order valence-corrected chi connectivity index (χ1v) is 7.91. The van der Waals surface area contributed by atoms with Crippen LogP contribution < -0.4 is 4.57 Å². The van der Waals surface area contributed by atoms with Crippen molar-refractivity contribution in [2.24, 2.45) is 7.05 Å². The number of aryl methyl sites for hydroxylation is 1. The second-order valence-corrected chi connectivity index (χ2v) is 6.21. The van der Waals surface area contributed by atoms with Gasteiger partial charge in [0, 0.05) is 12.3 Å². The molecular weight excluding hydrogens is 365 g/mol. The van der Waals surface area contributed by atoms with Crippen LogP contribution in [0.25, 0.3) is 11.4 Å². The van der Waals surface area contributed by atoms with Crippen molar-refractivity contribution < 1.29 is 40.3 Å². The molecule has 11 heteroatoms. The summed E-state index contributed by atoms with van der Waals surface area (Å²) in [5.41, 5.74) is -3.56. The Kier molecular flexibility index (Phi) is 4.73. The van der Waals surface area contributed by atoms with Crippen molar-refractivity contribution >= 4 is 21.7 Å². The zero-order valence-electron chi connectivity index (χ0n) is 12.4. The van der Waals surface area contributed by atoms with Crippen molar-refractivity contribution in [1.82, 2.24) is 4.98 Å². The maximum absolute atomic E-state index is 11.9. The van der Waals surface area contributed by atoms with Crippen LogP contribution in [0.5, 0.6) is 0 Å². The summed E-state index contributed by atoms with van der Waals surface area (Å²) in [5.74, 6) is -0.941. The number of alkyl halides is 3. The molecule has 0 aromatic carbocycles. The molecule has 3 rings (SSSR count). The molecule has 0 aliphatic heterocycles. The summed E-state index contributed by atoms with van der Waals surface area (Å²) in [5, 5.41) is 0. The maximum Gasteiger partial charge on any atom is 0.485 e. The lowest BCUT2D eigenvalue weighted by molar-refractivity contribution is -0.660. The molecule has 0 saturated heterocycles. The molecule has 0 bridgehead atoms. The molecule has 0 saturated carbocycles. The first kappa shape index (κ1) is 18.7. The van der Waals surface area contributed by atoms with E-state index in [1.165, 1.54) is 0 Å². The monoisotopic (exact) mass is 374 g/mol.